The van der Waals surface area contributed by atoms with Crippen LogP contribution in [0.4, 0.5) is 0 Å². The minimum atomic E-state index is 0.178. The number of fused-ring (bicyclic) bond motifs is 2. The lowest BCUT2D eigenvalue weighted by Crippen LogP contribution is -2.36. The molecule has 1 N–H and O–H groups in total. The van der Waals surface area contributed by atoms with Gasteiger partial charge in [-0.25, -0.2) is 0 Å². The third-order valence-electron chi connectivity index (χ3n) is 6.29. The molecule has 0 saturated carbocycles. The molecule has 0 saturated heterocycles. The molecule has 0 aliphatic carbocycles. The second-order valence-electron chi connectivity index (χ2n) is 8.20. The Balaban J connectivity index is 2.17. The normalized spacial score (nSPS) is 17.9. The van der Waals surface area contributed by atoms with Gasteiger partial charge in [-0.1, -0.05) is 12.1 Å². The van der Waals surface area contributed by atoms with Gasteiger partial charge in [-0.05, 0) is 61.4 Å². The molecule has 2 atom stereocenters. The molecule has 1 aliphatic rings. The van der Waals surface area contributed by atoms with Crippen molar-refractivity contribution in [3.8, 4) is 34.1 Å². The average molecular weight is 422 g/mol. The van der Waals surface area contributed by atoms with E-state index in [4.69, 9.17) is 18.9 Å². The maximum absolute atomic E-state index is 5.93. The molecule has 0 spiro atoms. The first-order chi connectivity index (χ1) is 14.9. The number of aryl methyl sites for hydroxylation is 1. The van der Waals surface area contributed by atoms with Gasteiger partial charge in [0.05, 0.1) is 33.8 Å². The van der Waals surface area contributed by atoms with Crippen LogP contribution in [-0.2, 0) is 6.42 Å². The molecule has 3 aromatic rings. The highest BCUT2D eigenvalue weighted by molar-refractivity contribution is 6.06. The van der Waals surface area contributed by atoms with Crippen molar-refractivity contribution in [1.29, 1.82) is 0 Å². The molecule has 0 radical (unpaired) electrons. The third-order valence-corrected chi connectivity index (χ3v) is 6.29. The number of ether oxygens (including phenoxy) is 4. The Hall–Kier alpha value is -2.92. The average Bonchev–Trinajstić information content (AvgIpc) is 2.77. The van der Waals surface area contributed by atoms with Crippen LogP contribution in [0.2, 0.25) is 0 Å². The zero-order valence-electron chi connectivity index (χ0n) is 19.4. The highest BCUT2D eigenvalue weighted by atomic mass is 16.5. The molecule has 31 heavy (non-hydrogen) atoms. The summed E-state index contributed by atoms with van der Waals surface area (Å²) in [5.41, 5.74) is 5.86. The van der Waals surface area contributed by atoms with Crippen molar-refractivity contribution >= 4 is 10.8 Å². The number of hydrogen-bond donors (Lipinski definition) is 1. The summed E-state index contributed by atoms with van der Waals surface area (Å²) in [7, 11) is 6.84. The lowest BCUT2D eigenvalue weighted by Gasteiger charge is -2.33. The quantitative estimate of drug-likeness (QED) is 0.594. The van der Waals surface area contributed by atoms with E-state index in [1.807, 2.05) is 18.2 Å². The van der Waals surface area contributed by atoms with E-state index in [-0.39, 0.29) is 6.04 Å². The van der Waals surface area contributed by atoms with Crippen LogP contribution in [0.5, 0.6) is 23.0 Å². The van der Waals surface area contributed by atoms with Gasteiger partial charge in [-0.15, -0.1) is 0 Å². The second kappa shape index (κ2) is 8.31. The fraction of sp³-hybridized carbons (Fsp3) is 0.385. The van der Waals surface area contributed by atoms with Gasteiger partial charge in [0.25, 0.3) is 0 Å². The number of nitrogens with one attached hydrogen (secondary N) is 1. The number of methoxy groups -OCH3 is 4. The summed E-state index contributed by atoms with van der Waals surface area (Å²) in [4.78, 5) is 0. The molecule has 5 nitrogen and oxygen atoms in total. The van der Waals surface area contributed by atoms with E-state index in [0.717, 1.165) is 56.9 Å². The maximum Gasteiger partial charge on any atom is 0.130 e. The molecule has 164 valence electrons. The first kappa shape index (κ1) is 21.3. The SMILES string of the molecule is COc1cc(OC)c2c(c1-c1c(C)cc(OC)c3c(OC)cccc13)C[C@H](C)N[C@@H]2C. The van der Waals surface area contributed by atoms with Crippen LogP contribution in [0.1, 0.15) is 36.6 Å². The van der Waals surface area contributed by atoms with Crippen LogP contribution >= 0.6 is 0 Å². The highest BCUT2D eigenvalue weighted by Crippen LogP contribution is 2.50. The summed E-state index contributed by atoms with van der Waals surface area (Å²) >= 11 is 0. The van der Waals surface area contributed by atoms with Gasteiger partial charge in [0, 0.05) is 29.3 Å². The van der Waals surface area contributed by atoms with E-state index in [0.29, 0.717) is 6.04 Å². The van der Waals surface area contributed by atoms with Gasteiger partial charge in [-0.3, -0.25) is 0 Å². The van der Waals surface area contributed by atoms with Gasteiger partial charge in [-0.2, -0.15) is 0 Å². The number of benzene rings is 3. The Morgan fingerprint density at radius 2 is 1.48 bits per heavy atom. The summed E-state index contributed by atoms with van der Waals surface area (Å²) < 4.78 is 23.2. The van der Waals surface area contributed by atoms with E-state index >= 15 is 0 Å². The van der Waals surface area contributed by atoms with Crippen LogP contribution in [-0.4, -0.2) is 34.5 Å². The zero-order valence-corrected chi connectivity index (χ0v) is 19.4. The highest BCUT2D eigenvalue weighted by Gasteiger charge is 2.31. The monoisotopic (exact) mass is 421 g/mol. The molecule has 0 aromatic heterocycles. The Labute approximate surface area is 184 Å². The predicted molar refractivity (Wildman–Crippen MR) is 125 cm³/mol. The Morgan fingerprint density at radius 3 is 2.13 bits per heavy atom. The molecule has 4 rings (SSSR count). The van der Waals surface area contributed by atoms with Crippen molar-refractivity contribution in [3.05, 3.63) is 47.0 Å². The van der Waals surface area contributed by atoms with E-state index in [1.54, 1.807) is 28.4 Å². The van der Waals surface area contributed by atoms with Gasteiger partial charge in [0.2, 0.25) is 0 Å². The smallest absolute Gasteiger partial charge is 0.130 e. The molecule has 0 amide bonds. The van der Waals surface area contributed by atoms with Gasteiger partial charge >= 0.3 is 0 Å². The Morgan fingerprint density at radius 1 is 0.806 bits per heavy atom. The zero-order chi connectivity index (χ0) is 22.3. The van der Waals surface area contributed by atoms with Crippen molar-refractivity contribution < 1.29 is 18.9 Å². The molecule has 0 fully saturated rings. The Kier molecular flexibility index (Phi) is 5.71. The van der Waals surface area contributed by atoms with Crippen molar-refractivity contribution in [2.75, 3.05) is 28.4 Å². The molecule has 3 aromatic carbocycles. The third kappa shape index (κ3) is 3.37. The summed E-state index contributed by atoms with van der Waals surface area (Å²) in [6.45, 7) is 6.53. The fourth-order valence-corrected chi connectivity index (χ4v) is 5.08. The van der Waals surface area contributed by atoms with Crippen LogP contribution in [0.15, 0.2) is 30.3 Å². The summed E-state index contributed by atoms with van der Waals surface area (Å²) in [6.07, 6.45) is 0.888. The minimum absolute atomic E-state index is 0.178. The molecule has 5 heteroatoms. The fourth-order valence-electron chi connectivity index (χ4n) is 5.08. The van der Waals surface area contributed by atoms with Crippen molar-refractivity contribution in [3.63, 3.8) is 0 Å². The number of rotatable bonds is 5. The van der Waals surface area contributed by atoms with Crippen molar-refractivity contribution in [2.45, 2.75) is 39.3 Å². The minimum Gasteiger partial charge on any atom is -0.496 e. The largest absolute Gasteiger partial charge is 0.496 e. The lowest BCUT2D eigenvalue weighted by molar-refractivity contribution is 0.371. The summed E-state index contributed by atoms with van der Waals surface area (Å²) in [5, 5.41) is 5.71. The topological polar surface area (TPSA) is 49.0 Å². The van der Waals surface area contributed by atoms with E-state index in [2.05, 4.69) is 38.2 Å². The Bertz CT molecular complexity index is 1140. The van der Waals surface area contributed by atoms with Crippen LogP contribution in [0.3, 0.4) is 0 Å². The van der Waals surface area contributed by atoms with Gasteiger partial charge in [0.1, 0.15) is 23.0 Å². The van der Waals surface area contributed by atoms with E-state index in [1.165, 1.54) is 11.1 Å². The number of hydrogen-bond acceptors (Lipinski definition) is 5. The first-order valence-corrected chi connectivity index (χ1v) is 10.6. The maximum atomic E-state index is 5.93. The lowest BCUT2D eigenvalue weighted by atomic mass is 9.81. The second-order valence-corrected chi connectivity index (χ2v) is 8.20. The molecule has 1 aliphatic heterocycles. The predicted octanol–water partition coefficient (Wildman–Crippen LogP) is 5.44. The molecule has 0 bridgehead atoms. The van der Waals surface area contributed by atoms with Crippen molar-refractivity contribution in [2.24, 2.45) is 0 Å². The van der Waals surface area contributed by atoms with Crippen LogP contribution in [0.25, 0.3) is 21.9 Å². The molecular weight excluding hydrogens is 390 g/mol. The summed E-state index contributed by atoms with van der Waals surface area (Å²) in [5.74, 6) is 3.27. The first-order valence-electron chi connectivity index (χ1n) is 10.6. The van der Waals surface area contributed by atoms with Gasteiger partial charge < -0.3 is 24.3 Å². The van der Waals surface area contributed by atoms with Crippen LogP contribution in [0, 0.1) is 6.92 Å². The van der Waals surface area contributed by atoms with E-state index < -0.39 is 0 Å². The standard InChI is InChI=1S/C26H31NO4/c1-14-11-20(29-5)25-17(9-8-10-19(25)28-4)23(14)26-18-12-15(2)27-16(3)24(18)21(30-6)13-22(26)31-7/h8-11,13,15-16,27H,12H2,1-7H3/t15-,16+/m0/s1. The molecular formula is C26H31NO4. The summed E-state index contributed by atoms with van der Waals surface area (Å²) in [6, 6.07) is 10.8. The van der Waals surface area contributed by atoms with E-state index in [9.17, 15) is 0 Å². The van der Waals surface area contributed by atoms with Crippen molar-refractivity contribution in [1.82, 2.24) is 5.32 Å². The molecule has 0 unspecified atom stereocenters. The van der Waals surface area contributed by atoms with Gasteiger partial charge in [0.15, 0.2) is 0 Å². The molecule has 1 heterocycles. The van der Waals surface area contributed by atoms with Crippen LogP contribution < -0.4 is 24.3 Å².